The molecule has 6 nitrogen and oxygen atoms in total. The third kappa shape index (κ3) is 4.90. The molecule has 2 heterocycles. The van der Waals surface area contributed by atoms with Crippen LogP contribution >= 0.6 is 0 Å². The van der Waals surface area contributed by atoms with E-state index >= 15 is 0 Å². The standard InChI is InChI=1S/C18H29N3O3/c1-12(2)6-5-7-14-11-21(8-9-24-14)18(23)15-10-19-16(13(3)4)20-17(15)22/h10,12-14H,5-9,11H2,1-4H3,(H,19,20,22). The molecule has 0 spiro atoms. The summed E-state index contributed by atoms with van der Waals surface area (Å²) in [5.41, 5.74) is -0.246. The van der Waals surface area contributed by atoms with Gasteiger partial charge in [0.15, 0.2) is 0 Å². The average Bonchev–Trinajstić information content (AvgIpc) is 2.54. The van der Waals surface area contributed by atoms with Crippen molar-refractivity contribution in [1.29, 1.82) is 0 Å². The third-order valence-electron chi connectivity index (χ3n) is 4.33. The summed E-state index contributed by atoms with van der Waals surface area (Å²) in [5.74, 6) is 1.15. The van der Waals surface area contributed by atoms with Gasteiger partial charge < -0.3 is 14.6 Å². The Morgan fingerprint density at radius 1 is 1.42 bits per heavy atom. The van der Waals surface area contributed by atoms with E-state index in [1.807, 2.05) is 13.8 Å². The summed E-state index contributed by atoms with van der Waals surface area (Å²) >= 11 is 0. The molecule has 1 fully saturated rings. The maximum Gasteiger partial charge on any atom is 0.263 e. The lowest BCUT2D eigenvalue weighted by atomic mass is 10.0. The number of aromatic amines is 1. The predicted molar refractivity (Wildman–Crippen MR) is 93.3 cm³/mol. The van der Waals surface area contributed by atoms with Gasteiger partial charge >= 0.3 is 0 Å². The van der Waals surface area contributed by atoms with Crippen molar-refractivity contribution in [1.82, 2.24) is 14.9 Å². The van der Waals surface area contributed by atoms with E-state index in [2.05, 4.69) is 23.8 Å². The van der Waals surface area contributed by atoms with Crippen LogP contribution in [0.15, 0.2) is 11.0 Å². The molecule has 6 heteroatoms. The molecule has 1 aromatic heterocycles. The molecule has 1 aliphatic heterocycles. The molecule has 1 saturated heterocycles. The molecule has 0 bridgehead atoms. The van der Waals surface area contributed by atoms with E-state index in [9.17, 15) is 9.59 Å². The third-order valence-corrected chi connectivity index (χ3v) is 4.33. The molecule has 1 aromatic rings. The summed E-state index contributed by atoms with van der Waals surface area (Å²) < 4.78 is 5.76. The van der Waals surface area contributed by atoms with E-state index in [0.29, 0.717) is 31.4 Å². The van der Waals surface area contributed by atoms with E-state index < -0.39 is 0 Å². The Morgan fingerprint density at radius 3 is 2.79 bits per heavy atom. The predicted octanol–water partition coefficient (Wildman–Crippen LogP) is 2.56. The van der Waals surface area contributed by atoms with Crippen molar-refractivity contribution in [2.75, 3.05) is 19.7 Å². The number of nitrogens with one attached hydrogen (secondary N) is 1. The molecule has 0 aromatic carbocycles. The SMILES string of the molecule is CC(C)CCCC1CN(C(=O)c2cnc(C(C)C)[nH]c2=O)CCO1. The maximum atomic E-state index is 12.6. The molecule has 134 valence electrons. The molecule has 1 unspecified atom stereocenters. The fourth-order valence-corrected chi connectivity index (χ4v) is 2.86. The number of aromatic nitrogens is 2. The van der Waals surface area contributed by atoms with E-state index in [0.717, 1.165) is 19.3 Å². The molecule has 1 amide bonds. The van der Waals surface area contributed by atoms with Crippen LogP contribution < -0.4 is 5.56 Å². The van der Waals surface area contributed by atoms with Gasteiger partial charge in [0.25, 0.3) is 11.5 Å². The highest BCUT2D eigenvalue weighted by Crippen LogP contribution is 2.16. The van der Waals surface area contributed by atoms with E-state index in [1.165, 1.54) is 6.20 Å². The lowest BCUT2D eigenvalue weighted by molar-refractivity contribution is -0.0260. The first-order chi connectivity index (χ1) is 11.4. The number of carbonyl (C=O) groups is 1. The van der Waals surface area contributed by atoms with Gasteiger partial charge in [0.1, 0.15) is 11.4 Å². The smallest absolute Gasteiger partial charge is 0.263 e. The van der Waals surface area contributed by atoms with Gasteiger partial charge in [0.2, 0.25) is 0 Å². The number of hydrogen-bond donors (Lipinski definition) is 1. The number of amides is 1. The van der Waals surface area contributed by atoms with Crippen molar-refractivity contribution < 1.29 is 9.53 Å². The molecule has 1 N–H and O–H groups in total. The lowest BCUT2D eigenvalue weighted by Crippen LogP contribution is -2.47. The average molecular weight is 335 g/mol. The first-order valence-corrected chi connectivity index (χ1v) is 8.88. The van der Waals surface area contributed by atoms with Crippen LogP contribution in [0.2, 0.25) is 0 Å². The fourth-order valence-electron chi connectivity index (χ4n) is 2.86. The maximum absolute atomic E-state index is 12.6. The van der Waals surface area contributed by atoms with Gasteiger partial charge in [-0.2, -0.15) is 0 Å². The minimum Gasteiger partial charge on any atom is -0.375 e. The molecular weight excluding hydrogens is 306 g/mol. The number of nitrogens with zero attached hydrogens (tertiary/aromatic N) is 2. The van der Waals surface area contributed by atoms with Gasteiger partial charge in [0, 0.05) is 25.2 Å². The number of hydrogen-bond acceptors (Lipinski definition) is 4. The van der Waals surface area contributed by atoms with Crippen molar-refractivity contribution in [3.05, 3.63) is 27.9 Å². The Balaban J connectivity index is 2.00. The molecule has 2 rings (SSSR count). The van der Waals surface area contributed by atoms with Crippen LogP contribution in [0.1, 0.15) is 69.1 Å². The molecule has 1 atom stereocenters. The molecule has 24 heavy (non-hydrogen) atoms. The Bertz CT molecular complexity index is 610. The van der Waals surface area contributed by atoms with Gasteiger partial charge in [-0.1, -0.05) is 40.5 Å². The summed E-state index contributed by atoms with van der Waals surface area (Å²) in [6.45, 7) is 9.89. The highest BCUT2D eigenvalue weighted by Gasteiger charge is 2.26. The first-order valence-electron chi connectivity index (χ1n) is 8.88. The normalized spacial score (nSPS) is 18.4. The van der Waals surface area contributed by atoms with Crippen LogP contribution in [0.5, 0.6) is 0 Å². The lowest BCUT2D eigenvalue weighted by Gasteiger charge is -2.33. The second-order valence-corrected chi connectivity index (χ2v) is 7.23. The second-order valence-electron chi connectivity index (χ2n) is 7.23. The van der Waals surface area contributed by atoms with E-state index in [-0.39, 0.29) is 29.1 Å². The van der Waals surface area contributed by atoms with Crippen LogP contribution in [0.25, 0.3) is 0 Å². The highest BCUT2D eigenvalue weighted by atomic mass is 16.5. The minimum absolute atomic E-state index is 0.0587. The summed E-state index contributed by atoms with van der Waals surface area (Å²) in [4.78, 5) is 33.5. The number of morpholine rings is 1. The van der Waals surface area contributed by atoms with Gasteiger partial charge in [-0.3, -0.25) is 9.59 Å². The second kappa shape index (κ2) is 8.42. The largest absolute Gasteiger partial charge is 0.375 e. The molecule has 0 radical (unpaired) electrons. The Kier molecular flexibility index (Phi) is 6.54. The summed E-state index contributed by atoms with van der Waals surface area (Å²) in [6.07, 6.45) is 4.66. The Hall–Kier alpha value is -1.69. The summed E-state index contributed by atoms with van der Waals surface area (Å²) in [6, 6.07) is 0. The van der Waals surface area contributed by atoms with Crippen LogP contribution in [-0.4, -0.2) is 46.6 Å². The van der Waals surface area contributed by atoms with Crippen LogP contribution in [0, 0.1) is 5.92 Å². The van der Waals surface area contributed by atoms with Gasteiger partial charge in [-0.05, 0) is 12.3 Å². The zero-order chi connectivity index (χ0) is 17.7. The van der Waals surface area contributed by atoms with Gasteiger partial charge in [-0.15, -0.1) is 0 Å². The Labute approximate surface area is 143 Å². The van der Waals surface area contributed by atoms with Crippen molar-refractivity contribution in [3.63, 3.8) is 0 Å². The number of carbonyl (C=O) groups excluding carboxylic acids is 1. The first kappa shape index (κ1) is 18.6. The van der Waals surface area contributed by atoms with Crippen LogP contribution in [-0.2, 0) is 4.74 Å². The molecule has 0 aliphatic carbocycles. The minimum atomic E-state index is -0.360. The number of rotatable bonds is 6. The topological polar surface area (TPSA) is 75.3 Å². The zero-order valence-electron chi connectivity index (χ0n) is 15.2. The number of ether oxygens (including phenoxy) is 1. The van der Waals surface area contributed by atoms with Gasteiger partial charge in [0.05, 0.1) is 12.7 Å². The van der Waals surface area contributed by atoms with Crippen molar-refractivity contribution in [3.8, 4) is 0 Å². The molecule has 1 aliphatic rings. The number of H-pyrrole nitrogens is 1. The Morgan fingerprint density at radius 2 is 2.17 bits per heavy atom. The fraction of sp³-hybridized carbons (Fsp3) is 0.722. The van der Waals surface area contributed by atoms with E-state index in [4.69, 9.17) is 4.74 Å². The van der Waals surface area contributed by atoms with Gasteiger partial charge in [-0.25, -0.2) is 4.98 Å². The van der Waals surface area contributed by atoms with Crippen LogP contribution in [0.4, 0.5) is 0 Å². The van der Waals surface area contributed by atoms with Crippen LogP contribution in [0.3, 0.4) is 0 Å². The quantitative estimate of drug-likeness (QED) is 0.867. The molecule has 0 saturated carbocycles. The monoisotopic (exact) mass is 335 g/mol. The molecular formula is C18H29N3O3. The van der Waals surface area contributed by atoms with E-state index in [1.54, 1.807) is 4.90 Å². The van der Waals surface area contributed by atoms with Crippen molar-refractivity contribution in [2.45, 2.75) is 59.0 Å². The summed E-state index contributed by atoms with van der Waals surface area (Å²) in [7, 11) is 0. The summed E-state index contributed by atoms with van der Waals surface area (Å²) in [5, 5.41) is 0. The zero-order valence-corrected chi connectivity index (χ0v) is 15.2. The van der Waals surface area contributed by atoms with Crippen molar-refractivity contribution in [2.24, 2.45) is 5.92 Å². The van der Waals surface area contributed by atoms with Crippen molar-refractivity contribution >= 4 is 5.91 Å². The highest BCUT2D eigenvalue weighted by molar-refractivity contribution is 5.93.